The minimum absolute atomic E-state index is 0.561. The number of hydrogen-bond acceptors (Lipinski definition) is 2. The van der Waals surface area contributed by atoms with Crippen LogP contribution in [0.1, 0.15) is 58.8 Å². The quantitative estimate of drug-likeness (QED) is 0.819. The van der Waals surface area contributed by atoms with Crippen molar-refractivity contribution < 1.29 is 0 Å². The van der Waals surface area contributed by atoms with Crippen LogP contribution in [0.2, 0.25) is 0 Å². The first-order valence-electron chi connectivity index (χ1n) is 7.45. The highest BCUT2D eigenvalue weighted by molar-refractivity contribution is 4.92. The van der Waals surface area contributed by atoms with E-state index in [1.165, 1.54) is 44.9 Å². The molecule has 0 aromatic heterocycles. The van der Waals surface area contributed by atoms with Crippen LogP contribution >= 0.6 is 0 Å². The molecule has 0 aliphatic heterocycles. The minimum atomic E-state index is 0.561. The Morgan fingerprint density at radius 2 is 1.88 bits per heavy atom. The van der Waals surface area contributed by atoms with Crippen molar-refractivity contribution in [2.75, 3.05) is 13.6 Å². The molecule has 0 bridgehead atoms. The van der Waals surface area contributed by atoms with Gasteiger partial charge in [0.2, 0.25) is 0 Å². The maximum absolute atomic E-state index is 5.96. The van der Waals surface area contributed by atoms with E-state index in [4.69, 9.17) is 5.73 Å². The molecule has 0 saturated heterocycles. The summed E-state index contributed by atoms with van der Waals surface area (Å²) in [6, 6.07) is 1.56. The van der Waals surface area contributed by atoms with Gasteiger partial charge in [0.25, 0.3) is 0 Å². The molecule has 2 rings (SSSR count). The van der Waals surface area contributed by atoms with E-state index in [9.17, 15) is 0 Å². The fraction of sp³-hybridized carbons (Fsp3) is 1.00. The van der Waals surface area contributed by atoms with Crippen LogP contribution in [0.4, 0.5) is 0 Å². The van der Waals surface area contributed by atoms with Gasteiger partial charge in [-0.25, -0.2) is 0 Å². The molecule has 100 valence electrons. The van der Waals surface area contributed by atoms with E-state index in [1.807, 2.05) is 0 Å². The van der Waals surface area contributed by atoms with Gasteiger partial charge in [0.15, 0.2) is 0 Å². The van der Waals surface area contributed by atoms with Crippen LogP contribution in [-0.2, 0) is 0 Å². The summed E-state index contributed by atoms with van der Waals surface area (Å²) in [5.41, 5.74) is 6.52. The Labute approximate surface area is 107 Å². The lowest BCUT2D eigenvalue weighted by atomic mass is 9.83. The van der Waals surface area contributed by atoms with Gasteiger partial charge in [0.05, 0.1) is 0 Å². The third kappa shape index (κ3) is 3.03. The Bertz CT molecular complexity index is 249. The molecular formula is C15H30N2. The van der Waals surface area contributed by atoms with Crippen LogP contribution in [0.15, 0.2) is 0 Å². The molecular weight excluding hydrogens is 208 g/mol. The molecule has 2 fully saturated rings. The minimum Gasteiger partial charge on any atom is -0.330 e. The fourth-order valence-electron chi connectivity index (χ4n) is 4.02. The first-order valence-corrected chi connectivity index (χ1v) is 7.45. The molecule has 2 aliphatic carbocycles. The highest BCUT2D eigenvalue weighted by Crippen LogP contribution is 2.41. The van der Waals surface area contributed by atoms with Gasteiger partial charge in [0, 0.05) is 12.1 Å². The molecule has 0 radical (unpaired) electrons. The summed E-state index contributed by atoms with van der Waals surface area (Å²) in [4.78, 5) is 2.69. The molecule has 0 heterocycles. The predicted octanol–water partition coefficient (Wildman–Crippen LogP) is 3.01. The Morgan fingerprint density at radius 1 is 1.18 bits per heavy atom. The van der Waals surface area contributed by atoms with Crippen LogP contribution in [0.3, 0.4) is 0 Å². The average Bonchev–Trinajstić information content (AvgIpc) is 2.68. The summed E-state index contributed by atoms with van der Waals surface area (Å²) >= 11 is 0. The monoisotopic (exact) mass is 238 g/mol. The normalized spacial score (nSPS) is 37.6. The lowest BCUT2D eigenvalue weighted by molar-refractivity contribution is 0.0894. The van der Waals surface area contributed by atoms with Crippen LogP contribution in [-0.4, -0.2) is 30.6 Å². The second-order valence-corrected chi connectivity index (χ2v) is 7.07. The molecule has 3 atom stereocenters. The van der Waals surface area contributed by atoms with Gasteiger partial charge < -0.3 is 10.6 Å². The van der Waals surface area contributed by atoms with Crippen LogP contribution in [0.25, 0.3) is 0 Å². The van der Waals surface area contributed by atoms with E-state index >= 15 is 0 Å². The molecule has 0 aromatic carbocycles. The first kappa shape index (κ1) is 13.4. The summed E-state index contributed by atoms with van der Waals surface area (Å²) in [5, 5.41) is 0. The predicted molar refractivity (Wildman–Crippen MR) is 74.0 cm³/mol. The van der Waals surface area contributed by atoms with E-state index in [2.05, 4.69) is 25.8 Å². The lowest BCUT2D eigenvalue weighted by Crippen LogP contribution is -2.47. The highest BCUT2D eigenvalue weighted by atomic mass is 15.2. The van der Waals surface area contributed by atoms with E-state index in [-0.39, 0.29) is 0 Å². The molecule has 3 unspecified atom stereocenters. The largest absolute Gasteiger partial charge is 0.330 e. The van der Waals surface area contributed by atoms with E-state index in [0.29, 0.717) is 5.41 Å². The van der Waals surface area contributed by atoms with Gasteiger partial charge in [-0.15, -0.1) is 0 Å². The average molecular weight is 238 g/mol. The Balaban J connectivity index is 1.96. The van der Waals surface area contributed by atoms with E-state index in [1.54, 1.807) is 0 Å². The topological polar surface area (TPSA) is 29.3 Å². The molecule has 0 amide bonds. The smallest absolute Gasteiger partial charge is 0.0135 e. The van der Waals surface area contributed by atoms with Gasteiger partial charge in [-0.1, -0.05) is 26.7 Å². The number of hydrogen-bond donors (Lipinski definition) is 1. The van der Waals surface area contributed by atoms with Crippen molar-refractivity contribution in [3.8, 4) is 0 Å². The molecule has 0 spiro atoms. The van der Waals surface area contributed by atoms with E-state index < -0.39 is 0 Å². The van der Waals surface area contributed by atoms with Crippen LogP contribution in [0, 0.1) is 11.3 Å². The zero-order valence-corrected chi connectivity index (χ0v) is 11.9. The van der Waals surface area contributed by atoms with Crippen molar-refractivity contribution in [2.24, 2.45) is 17.1 Å². The molecule has 2 N–H and O–H groups in total. The van der Waals surface area contributed by atoms with E-state index in [0.717, 1.165) is 24.5 Å². The second-order valence-electron chi connectivity index (χ2n) is 7.07. The van der Waals surface area contributed by atoms with Crippen molar-refractivity contribution >= 4 is 0 Å². The highest BCUT2D eigenvalue weighted by Gasteiger charge is 2.37. The zero-order valence-electron chi connectivity index (χ0n) is 11.9. The summed E-state index contributed by atoms with van der Waals surface area (Å²) in [5.74, 6) is 0.748. The fourth-order valence-corrected chi connectivity index (χ4v) is 4.02. The molecule has 17 heavy (non-hydrogen) atoms. The molecule has 2 saturated carbocycles. The number of nitrogens with zero attached hydrogens (tertiary/aromatic N) is 1. The summed E-state index contributed by atoms with van der Waals surface area (Å²) in [7, 11) is 2.35. The molecule has 2 aliphatic rings. The maximum Gasteiger partial charge on any atom is 0.0135 e. The van der Waals surface area contributed by atoms with Crippen LogP contribution in [0.5, 0.6) is 0 Å². The second kappa shape index (κ2) is 5.27. The summed E-state index contributed by atoms with van der Waals surface area (Å²) < 4.78 is 0. The SMILES string of the molecule is CN(C1CCC(C)(C)C1)C1CCCCC1CN. The number of rotatable bonds is 3. The summed E-state index contributed by atoms with van der Waals surface area (Å²) in [6.45, 7) is 5.72. The van der Waals surface area contributed by atoms with Gasteiger partial charge in [-0.2, -0.15) is 0 Å². The van der Waals surface area contributed by atoms with Crippen molar-refractivity contribution in [3.63, 3.8) is 0 Å². The van der Waals surface area contributed by atoms with Crippen molar-refractivity contribution in [1.29, 1.82) is 0 Å². The van der Waals surface area contributed by atoms with Crippen molar-refractivity contribution in [1.82, 2.24) is 4.90 Å². The van der Waals surface area contributed by atoms with Gasteiger partial charge in [-0.05, 0) is 57.0 Å². The third-order valence-corrected chi connectivity index (χ3v) is 5.21. The van der Waals surface area contributed by atoms with Crippen molar-refractivity contribution in [2.45, 2.75) is 70.9 Å². The standard InChI is InChI=1S/C15H30N2/c1-15(2)9-8-13(10-15)17(3)14-7-5-4-6-12(14)11-16/h12-14H,4-11,16H2,1-3H3. The summed E-state index contributed by atoms with van der Waals surface area (Å²) in [6.07, 6.45) is 9.66. The Morgan fingerprint density at radius 3 is 2.47 bits per heavy atom. The maximum atomic E-state index is 5.96. The molecule has 2 nitrogen and oxygen atoms in total. The van der Waals surface area contributed by atoms with Gasteiger partial charge >= 0.3 is 0 Å². The molecule has 2 heteroatoms. The van der Waals surface area contributed by atoms with Crippen LogP contribution < -0.4 is 5.73 Å². The van der Waals surface area contributed by atoms with Gasteiger partial charge in [0.1, 0.15) is 0 Å². The third-order valence-electron chi connectivity index (χ3n) is 5.21. The zero-order chi connectivity index (χ0) is 12.5. The van der Waals surface area contributed by atoms with Crippen molar-refractivity contribution in [3.05, 3.63) is 0 Å². The lowest BCUT2D eigenvalue weighted by Gasteiger charge is -2.41. The van der Waals surface area contributed by atoms with Gasteiger partial charge in [-0.3, -0.25) is 0 Å². The Kier molecular flexibility index (Phi) is 4.14. The number of nitrogens with two attached hydrogens (primary N) is 1. The Hall–Kier alpha value is -0.0800. The molecule has 0 aromatic rings. The first-order chi connectivity index (χ1) is 8.03.